The Morgan fingerprint density at radius 2 is 1.91 bits per heavy atom. The molecule has 0 spiro atoms. The van der Waals surface area contributed by atoms with Crippen molar-refractivity contribution in [3.05, 3.63) is 24.2 Å². The second-order valence-corrected chi connectivity index (χ2v) is 6.39. The lowest BCUT2D eigenvalue weighted by Crippen LogP contribution is -2.45. The zero-order valence-corrected chi connectivity index (χ0v) is 13.9. The fraction of sp³-hybridized carbons (Fsp3) is 0.647. The summed E-state index contributed by atoms with van der Waals surface area (Å²) in [5.41, 5.74) is 0. The monoisotopic (exact) mass is 306 g/mol. The number of hydrogen-bond donors (Lipinski definition) is 0. The van der Waals surface area contributed by atoms with Crippen molar-refractivity contribution in [2.24, 2.45) is 11.8 Å². The van der Waals surface area contributed by atoms with Gasteiger partial charge in [-0.15, -0.1) is 0 Å². The number of carbonyl (C=O) groups excluding carboxylic acids is 2. The number of furan rings is 1. The number of nitrogens with zero attached hydrogens (tertiary/aromatic N) is 2. The van der Waals surface area contributed by atoms with E-state index in [2.05, 4.69) is 0 Å². The van der Waals surface area contributed by atoms with Gasteiger partial charge in [-0.3, -0.25) is 9.59 Å². The van der Waals surface area contributed by atoms with Gasteiger partial charge in [-0.25, -0.2) is 0 Å². The van der Waals surface area contributed by atoms with Crippen molar-refractivity contribution in [1.29, 1.82) is 0 Å². The van der Waals surface area contributed by atoms with Gasteiger partial charge in [0, 0.05) is 32.0 Å². The van der Waals surface area contributed by atoms with Gasteiger partial charge in [0.25, 0.3) is 0 Å². The summed E-state index contributed by atoms with van der Waals surface area (Å²) in [5, 5.41) is 0. The van der Waals surface area contributed by atoms with Gasteiger partial charge < -0.3 is 14.2 Å². The predicted molar refractivity (Wildman–Crippen MR) is 84.0 cm³/mol. The molecule has 0 aliphatic carbocycles. The quantitative estimate of drug-likeness (QED) is 0.859. The van der Waals surface area contributed by atoms with Gasteiger partial charge in [-0.1, -0.05) is 13.8 Å². The Labute approximate surface area is 132 Å². The summed E-state index contributed by atoms with van der Waals surface area (Å²) in [6, 6.07) is 3.65. The van der Waals surface area contributed by atoms with Crippen molar-refractivity contribution in [2.45, 2.75) is 39.7 Å². The fourth-order valence-corrected chi connectivity index (χ4v) is 2.91. The smallest absolute Gasteiger partial charge is 0.226 e. The van der Waals surface area contributed by atoms with Crippen LogP contribution in [0.25, 0.3) is 0 Å². The van der Waals surface area contributed by atoms with Gasteiger partial charge in [-0.2, -0.15) is 0 Å². The van der Waals surface area contributed by atoms with Crippen LogP contribution in [0.4, 0.5) is 0 Å². The summed E-state index contributed by atoms with van der Waals surface area (Å²) in [6.07, 6.45) is 3.11. The van der Waals surface area contributed by atoms with Crippen molar-refractivity contribution in [3.63, 3.8) is 0 Å². The Hall–Kier alpha value is -1.78. The summed E-state index contributed by atoms with van der Waals surface area (Å²) in [7, 11) is 1.82. The maximum Gasteiger partial charge on any atom is 0.226 e. The topological polar surface area (TPSA) is 53.8 Å². The van der Waals surface area contributed by atoms with Crippen molar-refractivity contribution >= 4 is 11.8 Å². The lowest BCUT2D eigenvalue weighted by molar-refractivity contribution is -0.142. The first-order chi connectivity index (χ1) is 10.4. The lowest BCUT2D eigenvalue weighted by Gasteiger charge is -2.35. The zero-order chi connectivity index (χ0) is 16.3. The largest absolute Gasteiger partial charge is 0.467 e. The summed E-state index contributed by atoms with van der Waals surface area (Å²) in [5.74, 6) is 1.14. The third-order valence-corrected chi connectivity index (χ3v) is 4.53. The molecular weight excluding hydrogens is 280 g/mol. The summed E-state index contributed by atoms with van der Waals surface area (Å²) >= 11 is 0. The molecule has 0 saturated carbocycles. The van der Waals surface area contributed by atoms with E-state index in [1.165, 1.54) is 0 Å². The Bertz CT molecular complexity index is 502. The molecule has 0 aromatic carbocycles. The molecule has 1 fully saturated rings. The molecule has 1 aromatic heterocycles. The molecule has 2 amide bonds. The second kappa shape index (κ2) is 6.99. The van der Waals surface area contributed by atoms with Crippen LogP contribution >= 0.6 is 0 Å². The van der Waals surface area contributed by atoms with Gasteiger partial charge >= 0.3 is 0 Å². The van der Waals surface area contributed by atoms with E-state index < -0.39 is 0 Å². The van der Waals surface area contributed by atoms with Crippen molar-refractivity contribution in [3.8, 4) is 0 Å². The highest BCUT2D eigenvalue weighted by Gasteiger charge is 2.31. The molecule has 2 rings (SSSR count). The molecular formula is C17H26N2O3. The van der Waals surface area contributed by atoms with E-state index in [1.54, 1.807) is 11.2 Å². The van der Waals surface area contributed by atoms with Crippen LogP contribution in [0.3, 0.4) is 0 Å². The van der Waals surface area contributed by atoms with E-state index in [9.17, 15) is 9.59 Å². The van der Waals surface area contributed by atoms with E-state index in [0.717, 1.165) is 18.6 Å². The molecule has 0 N–H and O–H groups in total. The van der Waals surface area contributed by atoms with Crippen LogP contribution in [0, 0.1) is 11.8 Å². The molecule has 1 unspecified atom stereocenters. The molecule has 0 radical (unpaired) electrons. The van der Waals surface area contributed by atoms with Crippen LogP contribution in [0.15, 0.2) is 22.8 Å². The number of rotatable bonds is 4. The molecule has 5 heteroatoms. The van der Waals surface area contributed by atoms with Crippen molar-refractivity contribution in [1.82, 2.24) is 9.80 Å². The molecule has 0 bridgehead atoms. The van der Waals surface area contributed by atoms with Gasteiger partial charge in [0.05, 0.1) is 12.3 Å². The lowest BCUT2D eigenvalue weighted by atomic mass is 9.94. The molecule has 5 nitrogen and oxygen atoms in total. The minimum atomic E-state index is -0.0715. The highest BCUT2D eigenvalue weighted by Crippen LogP contribution is 2.25. The minimum Gasteiger partial charge on any atom is -0.467 e. The Morgan fingerprint density at radius 1 is 1.27 bits per heavy atom. The van der Waals surface area contributed by atoms with E-state index in [4.69, 9.17) is 4.42 Å². The van der Waals surface area contributed by atoms with Crippen molar-refractivity contribution < 1.29 is 14.0 Å². The highest BCUT2D eigenvalue weighted by molar-refractivity contribution is 5.81. The maximum atomic E-state index is 12.6. The third kappa shape index (κ3) is 3.51. The van der Waals surface area contributed by atoms with Crippen LogP contribution in [0.5, 0.6) is 0 Å². The summed E-state index contributed by atoms with van der Waals surface area (Å²) in [6.45, 7) is 7.15. The molecule has 1 atom stereocenters. The van der Waals surface area contributed by atoms with Crippen LogP contribution < -0.4 is 0 Å². The van der Waals surface area contributed by atoms with Crippen LogP contribution in [-0.4, -0.2) is 41.8 Å². The average molecular weight is 306 g/mol. The first-order valence-electron chi connectivity index (χ1n) is 8.00. The number of carbonyl (C=O) groups is 2. The third-order valence-electron chi connectivity index (χ3n) is 4.53. The van der Waals surface area contributed by atoms with Crippen molar-refractivity contribution in [2.75, 3.05) is 20.1 Å². The number of hydrogen-bond acceptors (Lipinski definition) is 3. The SMILES string of the molecule is CC(C)C(=O)N1CCC(C(=O)N(C)C(C)c2ccco2)CC1. The molecule has 1 aliphatic heterocycles. The van der Waals surface area contributed by atoms with E-state index >= 15 is 0 Å². The number of amides is 2. The van der Waals surface area contributed by atoms with E-state index in [-0.39, 0.29) is 29.7 Å². The Kier molecular flexibility index (Phi) is 5.27. The van der Waals surface area contributed by atoms with E-state index in [0.29, 0.717) is 13.1 Å². The maximum absolute atomic E-state index is 12.6. The average Bonchev–Trinajstić information content (AvgIpc) is 3.06. The molecule has 2 heterocycles. The van der Waals surface area contributed by atoms with Crippen LogP contribution in [0.2, 0.25) is 0 Å². The Balaban J connectivity index is 1.91. The van der Waals surface area contributed by atoms with Gasteiger partial charge in [0.15, 0.2) is 0 Å². The molecule has 1 aromatic rings. The second-order valence-electron chi connectivity index (χ2n) is 6.39. The molecule has 122 valence electrons. The first-order valence-corrected chi connectivity index (χ1v) is 8.00. The van der Waals surface area contributed by atoms with E-state index in [1.807, 2.05) is 44.9 Å². The Morgan fingerprint density at radius 3 is 2.41 bits per heavy atom. The molecule has 1 saturated heterocycles. The van der Waals surface area contributed by atoms with Crippen LogP contribution in [0.1, 0.15) is 45.4 Å². The van der Waals surface area contributed by atoms with Gasteiger partial charge in [0.2, 0.25) is 11.8 Å². The summed E-state index contributed by atoms with van der Waals surface area (Å²) in [4.78, 5) is 28.2. The molecule has 22 heavy (non-hydrogen) atoms. The normalized spacial score (nSPS) is 17.6. The fourth-order valence-electron chi connectivity index (χ4n) is 2.91. The zero-order valence-electron chi connectivity index (χ0n) is 13.9. The highest BCUT2D eigenvalue weighted by atomic mass is 16.3. The minimum absolute atomic E-state index is 0.00127. The van der Waals surface area contributed by atoms with Crippen LogP contribution in [-0.2, 0) is 9.59 Å². The predicted octanol–water partition coefficient (Wildman–Crippen LogP) is 2.69. The van der Waals surface area contributed by atoms with Gasteiger partial charge in [0.1, 0.15) is 5.76 Å². The number of likely N-dealkylation sites (tertiary alicyclic amines) is 1. The summed E-state index contributed by atoms with van der Waals surface area (Å²) < 4.78 is 5.38. The first kappa shape index (κ1) is 16.6. The number of piperidine rings is 1. The van der Waals surface area contributed by atoms with Gasteiger partial charge in [-0.05, 0) is 31.9 Å². The standard InChI is InChI=1S/C17H26N2O3/c1-12(2)16(20)19-9-7-14(8-10-19)17(21)18(4)13(3)15-6-5-11-22-15/h5-6,11-14H,7-10H2,1-4H3. The molecule has 1 aliphatic rings.